The largest absolute Gasteiger partial charge is 0.466 e. The van der Waals surface area contributed by atoms with Crippen molar-refractivity contribution in [1.29, 1.82) is 0 Å². The monoisotopic (exact) mass is 256 g/mol. The van der Waals surface area contributed by atoms with Crippen LogP contribution in [-0.2, 0) is 29.2 Å². The minimum absolute atomic E-state index is 0.471. The van der Waals surface area contributed by atoms with Gasteiger partial charge in [0.25, 0.3) is 0 Å². The van der Waals surface area contributed by atoms with Crippen molar-refractivity contribution in [3.8, 4) is 0 Å². The Morgan fingerprint density at radius 2 is 1.73 bits per heavy atom. The number of carbonyl (C=O) groups excluding carboxylic acids is 1. The quantitative estimate of drug-likeness (QED) is 0.469. The van der Waals surface area contributed by atoms with Crippen LogP contribution in [0.15, 0.2) is 11.5 Å². The van der Waals surface area contributed by atoms with Gasteiger partial charge in [-0.15, -0.1) is 0 Å². The smallest absolute Gasteiger partial charge is 0.331 e. The normalized spacial score (nSPS) is 12.9. The van der Waals surface area contributed by atoms with Gasteiger partial charge in [0.15, 0.2) is 9.84 Å². The van der Waals surface area contributed by atoms with E-state index >= 15 is 0 Å². The second-order valence-electron chi connectivity index (χ2n) is 2.82. The summed E-state index contributed by atoms with van der Waals surface area (Å²) < 4.78 is 47.8. The van der Waals surface area contributed by atoms with Crippen LogP contribution in [0.5, 0.6) is 0 Å². The van der Waals surface area contributed by atoms with Crippen LogP contribution in [-0.4, -0.2) is 47.7 Å². The Morgan fingerprint density at radius 1 is 1.20 bits per heavy atom. The molecule has 0 aromatic rings. The summed E-state index contributed by atoms with van der Waals surface area (Å²) in [6.45, 7) is 0. The van der Waals surface area contributed by atoms with Gasteiger partial charge < -0.3 is 4.74 Å². The number of hydrogen-bond acceptors (Lipinski definition) is 6. The third-order valence-corrected chi connectivity index (χ3v) is 3.88. The van der Waals surface area contributed by atoms with Gasteiger partial charge in [-0.1, -0.05) is 0 Å². The highest BCUT2D eigenvalue weighted by Crippen LogP contribution is 1.96. The molecule has 0 aliphatic heterocycles. The molecule has 0 unspecified atom stereocenters. The van der Waals surface area contributed by atoms with E-state index in [2.05, 4.69) is 4.74 Å². The van der Waals surface area contributed by atoms with Gasteiger partial charge in [0.2, 0.25) is 0 Å². The second kappa shape index (κ2) is 5.26. The molecule has 8 heteroatoms. The van der Waals surface area contributed by atoms with Crippen LogP contribution in [0.2, 0.25) is 0 Å². The highest BCUT2D eigenvalue weighted by Gasteiger charge is 2.11. The fourth-order valence-corrected chi connectivity index (χ4v) is 3.16. The topological polar surface area (TPSA) is 94.6 Å². The zero-order valence-electron chi connectivity index (χ0n) is 8.33. The van der Waals surface area contributed by atoms with E-state index in [4.69, 9.17) is 0 Å². The molecule has 0 aliphatic rings. The van der Waals surface area contributed by atoms with Gasteiger partial charge in [0.05, 0.1) is 18.6 Å². The van der Waals surface area contributed by atoms with Crippen molar-refractivity contribution in [1.82, 2.24) is 0 Å². The van der Waals surface area contributed by atoms with E-state index < -0.39 is 37.1 Å². The van der Waals surface area contributed by atoms with E-state index in [1.54, 1.807) is 0 Å². The van der Waals surface area contributed by atoms with Gasteiger partial charge in [-0.05, 0) is 0 Å². The molecule has 0 radical (unpaired) electrons. The van der Waals surface area contributed by atoms with Crippen molar-refractivity contribution in [2.75, 3.05) is 24.9 Å². The molecule has 15 heavy (non-hydrogen) atoms. The number of sulfone groups is 2. The van der Waals surface area contributed by atoms with Crippen LogP contribution in [0.1, 0.15) is 0 Å². The molecule has 0 aromatic carbocycles. The van der Waals surface area contributed by atoms with E-state index in [0.29, 0.717) is 5.41 Å². The summed E-state index contributed by atoms with van der Waals surface area (Å²) in [5, 5.41) is 0.643. The number of rotatable bonds is 5. The van der Waals surface area contributed by atoms with Crippen LogP contribution in [0.3, 0.4) is 0 Å². The molecular weight excluding hydrogens is 244 g/mol. The molecule has 0 amide bonds. The fraction of sp³-hybridized carbons (Fsp3) is 0.571. The molecule has 0 bridgehead atoms. The number of hydrogen-bond donors (Lipinski definition) is 0. The number of esters is 1. The Balaban J connectivity index is 4.46. The Labute approximate surface area is 88.8 Å². The maximum atomic E-state index is 11.1. The first-order chi connectivity index (χ1) is 6.66. The van der Waals surface area contributed by atoms with Crippen LogP contribution in [0.4, 0.5) is 0 Å². The summed E-state index contributed by atoms with van der Waals surface area (Å²) in [6, 6.07) is 0. The number of carbonyl (C=O) groups is 1. The Kier molecular flexibility index (Phi) is 4.95. The predicted octanol–water partition coefficient (Wildman–Crippen LogP) is -0.868. The van der Waals surface area contributed by atoms with Gasteiger partial charge in [0, 0.05) is 17.7 Å². The molecule has 0 rings (SSSR count). The third kappa shape index (κ3) is 8.13. The van der Waals surface area contributed by atoms with Gasteiger partial charge in [-0.2, -0.15) is 0 Å². The van der Waals surface area contributed by atoms with Crippen molar-refractivity contribution in [2.45, 2.75) is 0 Å². The first-order valence-electron chi connectivity index (χ1n) is 3.83. The second-order valence-corrected chi connectivity index (χ2v) is 7.09. The summed E-state index contributed by atoms with van der Waals surface area (Å²) in [6.07, 6.45) is 1.67. The lowest BCUT2D eigenvalue weighted by Gasteiger charge is -1.97. The molecule has 0 spiro atoms. The summed E-state index contributed by atoms with van der Waals surface area (Å²) >= 11 is 0. The van der Waals surface area contributed by atoms with Crippen molar-refractivity contribution >= 4 is 25.6 Å². The molecule has 88 valence electrons. The Hall–Kier alpha value is -0.890. The minimum Gasteiger partial charge on any atom is -0.466 e. The van der Waals surface area contributed by atoms with Crippen molar-refractivity contribution in [2.24, 2.45) is 0 Å². The first-order valence-corrected chi connectivity index (χ1v) is 7.60. The van der Waals surface area contributed by atoms with Gasteiger partial charge >= 0.3 is 5.97 Å². The molecule has 6 nitrogen and oxygen atoms in total. The van der Waals surface area contributed by atoms with Gasteiger partial charge in [0.1, 0.15) is 9.84 Å². The Bertz CT molecular complexity index is 442. The molecule has 0 atom stereocenters. The molecule has 0 N–H and O–H groups in total. The van der Waals surface area contributed by atoms with E-state index in [0.717, 1.165) is 19.4 Å². The highest BCUT2D eigenvalue weighted by molar-refractivity contribution is 7.96. The maximum absolute atomic E-state index is 11.1. The molecule has 0 saturated carbocycles. The van der Waals surface area contributed by atoms with Crippen molar-refractivity contribution in [3.63, 3.8) is 0 Å². The van der Waals surface area contributed by atoms with Gasteiger partial charge in [-0.3, -0.25) is 0 Å². The summed E-state index contributed by atoms with van der Waals surface area (Å²) in [4.78, 5) is 10.6. The van der Waals surface area contributed by atoms with E-state index in [1.807, 2.05) is 0 Å². The molecule has 0 fully saturated rings. The van der Waals surface area contributed by atoms with Crippen LogP contribution in [0.25, 0.3) is 0 Å². The summed E-state index contributed by atoms with van der Waals surface area (Å²) in [5.74, 6) is -1.82. The average molecular weight is 256 g/mol. The standard InChI is InChI=1S/C7H12O6S2/c1-13-7(8)3-4-15(11,12)6-5-14(2,9)10/h3-4H,5-6H2,1-2H3/b4-3+. The fourth-order valence-electron chi connectivity index (χ4n) is 0.563. The third-order valence-electron chi connectivity index (χ3n) is 1.35. The predicted molar refractivity (Wildman–Crippen MR) is 54.7 cm³/mol. The molecule has 0 aliphatic carbocycles. The number of methoxy groups -OCH3 is 1. The zero-order valence-corrected chi connectivity index (χ0v) is 9.97. The maximum Gasteiger partial charge on any atom is 0.331 e. The lowest BCUT2D eigenvalue weighted by molar-refractivity contribution is -0.134. The molecule has 0 saturated heterocycles. The average Bonchev–Trinajstić information content (AvgIpc) is 2.10. The van der Waals surface area contributed by atoms with Crippen LogP contribution >= 0.6 is 0 Å². The highest BCUT2D eigenvalue weighted by atomic mass is 32.2. The van der Waals surface area contributed by atoms with Crippen molar-refractivity contribution < 1.29 is 26.4 Å². The van der Waals surface area contributed by atoms with E-state index in [1.165, 1.54) is 0 Å². The minimum atomic E-state index is -3.68. The lowest BCUT2D eigenvalue weighted by Crippen LogP contribution is -2.14. The van der Waals surface area contributed by atoms with Crippen LogP contribution in [0, 0.1) is 0 Å². The summed E-state index contributed by atoms with van der Waals surface area (Å²) in [5.41, 5.74) is 0. The summed E-state index contributed by atoms with van der Waals surface area (Å²) in [7, 11) is -5.90. The zero-order chi connectivity index (χ0) is 12.1. The SMILES string of the molecule is COC(=O)/C=C/S(=O)(=O)CCS(C)(=O)=O. The number of ether oxygens (including phenoxy) is 1. The first kappa shape index (κ1) is 14.1. The van der Waals surface area contributed by atoms with E-state index in [-0.39, 0.29) is 0 Å². The van der Waals surface area contributed by atoms with Crippen molar-refractivity contribution in [3.05, 3.63) is 11.5 Å². The molecule has 0 heterocycles. The Morgan fingerprint density at radius 3 is 2.13 bits per heavy atom. The van der Waals surface area contributed by atoms with Crippen LogP contribution < -0.4 is 0 Å². The van der Waals surface area contributed by atoms with Gasteiger partial charge in [-0.25, -0.2) is 21.6 Å². The van der Waals surface area contributed by atoms with E-state index in [9.17, 15) is 21.6 Å². The molecular formula is C7H12O6S2. The molecule has 0 aromatic heterocycles. The lowest BCUT2D eigenvalue weighted by atomic mass is 10.7.